The van der Waals surface area contributed by atoms with Crippen LogP contribution in [0.1, 0.15) is 0 Å². The molecule has 10 nitrogen and oxygen atoms in total. The normalized spacial score (nSPS) is 13.8. The smallest absolute Gasteiger partial charge is 0.490 e. The number of nitrogens with zero attached hydrogens (tertiary/aromatic N) is 4. The third-order valence-electron chi connectivity index (χ3n) is 2.69. The van der Waals surface area contributed by atoms with Crippen molar-refractivity contribution < 1.29 is 35.0 Å². The van der Waals surface area contributed by atoms with Crippen molar-refractivity contribution in [2.24, 2.45) is 8.80 Å². The van der Waals surface area contributed by atoms with E-state index in [1.54, 1.807) is 12.1 Å². The SMILES string of the molecule is O=S(=O)(/N=C([O-])/C=C/C([O-])=N/S(=O)(=O)[n+]1ccccc1)[n+]1ccccc1. The lowest BCUT2D eigenvalue weighted by molar-refractivity contribution is -0.511. The minimum atomic E-state index is -4.31. The average Bonchev–Trinajstić information content (AvgIpc) is 2.61. The standard InChI is InChI=1S/C14H12N4O6S2/c19-13(15-25(21,22)17-9-3-1-4-10-17)7-8-14(20)16-26(23,24)18-11-5-2-6-12-18/h1-12H/b8-7+. The van der Waals surface area contributed by atoms with Gasteiger partial charge in [0, 0.05) is 36.1 Å². The molecule has 0 fully saturated rings. The minimum Gasteiger partial charge on any atom is -0.858 e. The number of rotatable bonds is 6. The molecule has 0 unspecified atom stereocenters. The van der Waals surface area contributed by atoms with Gasteiger partial charge in [0.15, 0.2) is 24.8 Å². The van der Waals surface area contributed by atoms with Crippen LogP contribution in [0.3, 0.4) is 0 Å². The summed E-state index contributed by atoms with van der Waals surface area (Å²) in [5.41, 5.74) is 0. The van der Waals surface area contributed by atoms with Crippen LogP contribution in [-0.2, 0) is 20.4 Å². The highest BCUT2D eigenvalue weighted by Crippen LogP contribution is 1.91. The van der Waals surface area contributed by atoms with Crippen molar-refractivity contribution in [1.82, 2.24) is 0 Å². The Kier molecular flexibility index (Phi) is 5.79. The van der Waals surface area contributed by atoms with Gasteiger partial charge < -0.3 is 10.2 Å². The van der Waals surface area contributed by atoms with Gasteiger partial charge in [-0.15, -0.1) is 25.6 Å². The lowest BCUT2D eigenvalue weighted by Crippen LogP contribution is -2.41. The van der Waals surface area contributed by atoms with Gasteiger partial charge in [0.2, 0.25) is 0 Å². The second-order valence-electron chi connectivity index (χ2n) is 4.56. The molecule has 0 aliphatic heterocycles. The van der Waals surface area contributed by atoms with Crippen LogP contribution in [0.4, 0.5) is 0 Å². The first-order chi connectivity index (χ1) is 12.2. The highest BCUT2D eigenvalue weighted by atomic mass is 32.2. The summed E-state index contributed by atoms with van der Waals surface area (Å²) >= 11 is 0. The molecule has 2 heterocycles. The Hall–Kier alpha value is -3.12. The van der Waals surface area contributed by atoms with E-state index in [9.17, 15) is 27.0 Å². The number of aromatic nitrogens is 2. The highest BCUT2D eigenvalue weighted by Gasteiger charge is 2.19. The Morgan fingerprint density at radius 1 is 0.654 bits per heavy atom. The summed E-state index contributed by atoms with van der Waals surface area (Å²) < 4.78 is 54.7. The fourth-order valence-corrected chi connectivity index (χ4v) is 3.26. The first-order valence-electron chi connectivity index (χ1n) is 6.86. The van der Waals surface area contributed by atoms with E-state index in [0.717, 1.165) is 0 Å². The molecule has 2 rings (SSSR count). The molecule has 26 heavy (non-hydrogen) atoms. The molecule has 0 N–H and O–H groups in total. The molecule has 0 atom stereocenters. The molecule has 0 bridgehead atoms. The fourth-order valence-electron chi connectivity index (χ4n) is 1.60. The van der Waals surface area contributed by atoms with E-state index in [-0.39, 0.29) is 0 Å². The van der Waals surface area contributed by atoms with Crippen molar-refractivity contribution in [3.8, 4) is 0 Å². The van der Waals surface area contributed by atoms with E-state index >= 15 is 0 Å². The van der Waals surface area contributed by atoms with Crippen LogP contribution in [0.5, 0.6) is 0 Å². The van der Waals surface area contributed by atoms with Crippen molar-refractivity contribution in [2.75, 3.05) is 0 Å². The predicted octanol–water partition coefficient (Wildman–Crippen LogP) is -2.78. The van der Waals surface area contributed by atoms with Crippen molar-refractivity contribution in [3.63, 3.8) is 0 Å². The summed E-state index contributed by atoms with van der Waals surface area (Å²) in [5.74, 6) is -2.54. The monoisotopic (exact) mass is 396 g/mol. The zero-order valence-corrected chi connectivity index (χ0v) is 14.6. The Morgan fingerprint density at radius 2 is 0.962 bits per heavy atom. The Bertz CT molecular complexity index is 975. The van der Waals surface area contributed by atoms with Crippen LogP contribution < -0.4 is 18.2 Å². The summed E-state index contributed by atoms with van der Waals surface area (Å²) in [5, 5.41) is 23.2. The molecule has 0 saturated carbocycles. The minimum absolute atomic E-state index is 0.512. The number of hydrogen-bond acceptors (Lipinski definition) is 6. The van der Waals surface area contributed by atoms with Gasteiger partial charge in [0.25, 0.3) is 0 Å². The molecule has 0 amide bonds. The zero-order chi connectivity index (χ0) is 19.2. The summed E-state index contributed by atoms with van der Waals surface area (Å²) in [6, 6.07) is 8.81. The number of pyridine rings is 2. The predicted molar refractivity (Wildman–Crippen MR) is 85.9 cm³/mol. The molecule has 12 heteroatoms. The van der Waals surface area contributed by atoms with Gasteiger partial charge in [0.05, 0.1) is 0 Å². The highest BCUT2D eigenvalue weighted by molar-refractivity contribution is 7.84. The maximum absolute atomic E-state index is 11.8. The van der Waals surface area contributed by atoms with E-state index in [4.69, 9.17) is 0 Å². The maximum Gasteiger partial charge on any atom is 0.490 e. The molecular formula is C14H12N4O6S2. The third kappa shape index (κ3) is 5.19. The zero-order valence-electron chi connectivity index (χ0n) is 13.0. The van der Waals surface area contributed by atoms with E-state index in [2.05, 4.69) is 8.80 Å². The van der Waals surface area contributed by atoms with Gasteiger partial charge in [-0.3, -0.25) is 0 Å². The van der Waals surface area contributed by atoms with Crippen LogP contribution in [0.15, 0.2) is 82.1 Å². The molecule has 0 aromatic carbocycles. The van der Waals surface area contributed by atoms with Crippen molar-refractivity contribution in [3.05, 3.63) is 73.3 Å². The largest absolute Gasteiger partial charge is 0.858 e. The molecule has 0 radical (unpaired) electrons. The average molecular weight is 396 g/mol. The van der Waals surface area contributed by atoms with Crippen LogP contribution in [-0.4, -0.2) is 28.6 Å². The quantitative estimate of drug-likeness (QED) is 0.293. The first kappa shape index (κ1) is 19.2. The van der Waals surface area contributed by atoms with Gasteiger partial charge in [-0.25, -0.2) is 0 Å². The van der Waals surface area contributed by atoms with Crippen LogP contribution >= 0.6 is 0 Å². The second kappa shape index (κ2) is 7.84. The van der Waals surface area contributed by atoms with E-state index in [1.807, 2.05) is 0 Å². The van der Waals surface area contributed by atoms with Gasteiger partial charge in [0.1, 0.15) is 0 Å². The number of hydrogen-bond donors (Lipinski definition) is 0. The second-order valence-corrected chi connectivity index (χ2v) is 7.56. The van der Waals surface area contributed by atoms with Gasteiger partial charge >= 0.3 is 20.4 Å². The van der Waals surface area contributed by atoms with Crippen molar-refractivity contribution in [2.45, 2.75) is 0 Å². The van der Waals surface area contributed by atoms with E-state index in [0.29, 0.717) is 20.1 Å². The topological polar surface area (TPSA) is 147 Å². The molecule has 0 aliphatic rings. The lowest BCUT2D eigenvalue weighted by atomic mass is 10.5. The molecular weight excluding hydrogens is 384 g/mol. The van der Waals surface area contributed by atoms with Crippen molar-refractivity contribution >= 4 is 32.2 Å². The van der Waals surface area contributed by atoms with Crippen LogP contribution in [0, 0.1) is 0 Å². The molecule has 0 aliphatic carbocycles. The molecule has 2 aromatic rings. The molecule has 0 saturated heterocycles. The van der Waals surface area contributed by atoms with Crippen LogP contribution in [0.25, 0.3) is 0 Å². The summed E-state index contributed by atoms with van der Waals surface area (Å²) in [4.78, 5) is 0. The summed E-state index contributed by atoms with van der Waals surface area (Å²) in [7, 11) is -8.62. The van der Waals surface area contributed by atoms with Crippen LogP contribution in [0.2, 0.25) is 0 Å². The Balaban J connectivity index is 2.21. The van der Waals surface area contributed by atoms with E-state index < -0.39 is 32.2 Å². The fraction of sp³-hybridized carbons (Fsp3) is 0. The lowest BCUT2D eigenvalue weighted by Gasteiger charge is -2.05. The van der Waals surface area contributed by atoms with E-state index in [1.165, 1.54) is 49.1 Å². The van der Waals surface area contributed by atoms with Crippen molar-refractivity contribution in [1.29, 1.82) is 0 Å². The summed E-state index contributed by atoms with van der Waals surface area (Å²) in [6.07, 6.45) is 5.69. The molecule has 136 valence electrons. The molecule has 2 aromatic heterocycles. The van der Waals surface area contributed by atoms with Gasteiger partial charge in [-0.2, -0.15) is 0 Å². The molecule has 0 spiro atoms. The summed E-state index contributed by atoms with van der Waals surface area (Å²) in [6.45, 7) is 0. The van der Waals surface area contributed by atoms with Gasteiger partial charge in [-0.1, -0.05) is 20.1 Å². The third-order valence-corrected chi connectivity index (χ3v) is 5.06. The maximum atomic E-state index is 11.8. The van der Waals surface area contributed by atoms with Gasteiger partial charge in [-0.05, 0) is 12.2 Å². The Labute approximate surface area is 149 Å². The Morgan fingerprint density at radius 3 is 1.27 bits per heavy atom. The first-order valence-corrected chi connectivity index (χ1v) is 9.66.